The molecule has 2 N–H and O–H groups in total. The molecule has 29 heavy (non-hydrogen) atoms. The molecule has 0 bridgehead atoms. The number of rotatable bonds is 9. The number of nitrogens with zero attached hydrogens (tertiary/aromatic N) is 3. The lowest BCUT2D eigenvalue weighted by molar-refractivity contribution is -0.384. The number of amides is 2. The van der Waals surface area contributed by atoms with Crippen molar-refractivity contribution in [2.24, 2.45) is 5.10 Å². The maximum absolute atomic E-state index is 12.0. The van der Waals surface area contributed by atoms with E-state index in [1.165, 1.54) is 30.5 Å². The van der Waals surface area contributed by atoms with Crippen molar-refractivity contribution >= 4 is 29.4 Å². The topological polar surface area (TPSA) is 117 Å². The van der Waals surface area contributed by atoms with E-state index in [0.29, 0.717) is 0 Å². The molecule has 0 unspecified atom stereocenters. The minimum Gasteiger partial charge on any atom is -0.372 e. The maximum Gasteiger partial charge on any atom is 0.269 e. The maximum atomic E-state index is 12.0. The Morgan fingerprint density at radius 1 is 1.07 bits per heavy atom. The van der Waals surface area contributed by atoms with Crippen LogP contribution in [0.15, 0.2) is 53.6 Å². The molecule has 2 aromatic rings. The lowest BCUT2D eigenvalue weighted by atomic mass is 10.2. The van der Waals surface area contributed by atoms with Crippen molar-refractivity contribution in [3.05, 3.63) is 69.8 Å². The molecule has 2 amide bonds. The summed E-state index contributed by atoms with van der Waals surface area (Å²) >= 11 is 0. The van der Waals surface area contributed by atoms with Crippen LogP contribution in [0.4, 0.5) is 11.4 Å². The van der Waals surface area contributed by atoms with Crippen LogP contribution in [-0.2, 0) is 4.79 Å². The van der Waals surface area contributed by atoms with Gasteiger partial charge in [0, 0.05) is 36.5 Å². The zero-order valence-electron chi connectivity index (χ0n) is 16.3. The third-order valence-corrected chi connectivity index (χ3v) is 4.17. The molecule has 0 fully saturated rings. The monoisotopic (exact) mass is 397 g/mol. The Morgan fingerprint density at radius 2 is 1.69 bits per heavy atom. The van der Waals surface area contributed by atoms with Crippen molar-refractivity contribution in [1.82, 2.24) is 10.7 Å². The van der Waals surface area contributed by atoms with Gasteiger partial charge in [-0.15, -0.1) is 0 Å². The summed E-state index contributed by atoms with van der Waals surface area (Å²) in [6, 6.07) is 12.9. The number of nitrogens with one attached hydrogen (secondary N) is 2. The van der Waals surface area contributed by atoms with Crippen LogP contribution in [0.5, 0.6) is 0 Å². The van der Waals surface area contributed by atoms with Gasteiger partial charge in [-0.25, -0.2) is 5.43 Å². The Hall–Kier alpha value is -3.75. The highest BCUT2D eigenvalue weighted by Crippen LogP contribution is 2.14. The number of anilines is 1. The van der Waals surface area contributed by atoms with Gasteiger partial charge in [-0.1, -0.05) is 12.1 Å². The smallest absolute Gasteiger partial charge is 0.269 e. The summed E-state index contributed by atoms with van der Waals surface area (Å²) in [7, 11) is 0. The van der Waals surface area contributed by atoms with Crippen LogP contribution in [0.3, 0.4) is 0 Å². The molecule has 2 aromatic carbocycles. The normalized spacial score (nSPS) is 10.6. The van der Waals surface area contributed by atoms with E-state index in [0.717, 1.165) is 24.3 Å². The predicted octanol–water partition coefficient (Wildman–Crippen LogP) is 2.32. The second kappa shape index (κ2) is 10.5. The number of hydrogen-bond acceptors (Lipinski definition) is 6. The van der Waals surface area contributed by atoms with Crippen LogP contribution in [-0.4, -0.2) is 42.6 Å². The van der Waals surface area contributed by atoms with Gasteiger partial charge in [0.05, 0.1) is 17.7 Å². The van der Waals surface area contributed by atoms with E-state index in [2.05, 4.69) is 34.6 Å². The predicted molar refractivity (Wildman–Crippen MR) is 111 cm³/mol. The Bertz CT molecular complexity index is 875. The average Bonchev–Trinajstić information content (AvgIpc) is 2.74. The number of hydrazone groups is 1. The number of nitro groups is 1. The summed E-state index contributed by atoms with van der Waals surface area (Å²) in [6.07, 6.45) is 1.52. The molecule has 0 aromatic heterocycles. The molecule has 0 saturated heterocycles. The van der Waals surface area contributed by atoms with Crippen molar-refractivity contribution in [1.29, 1.82) is 0 Å². The summed E-state index contributed by atoms with van der Waals surface area (Å²) in [5, 5.41) is 16.9. The summed E-state index contributed by atoms with van der Waals surface area (Å²) in [5.41, 5.74) is 4.39. The highest BCUT2D eigenvalue weighted by molar-refractivity contribution is 5.96. The van der Waals surface area contributed by atoms with Gasteiger partial charge in [-0.2, -0.15) is 5.10 Å². The first kappa shape index (κ1) is 21.5. The molecule has 2 rings (SSSR count). The summed E-state index contributed by atoms with van der Waals surface area (Å²) in [6.45, 7) is 5.76. The fourth-order valence-electron chi connectivity index (χ4n) is 2.58. The molecule has 0 radical (unpaired) electrons. The van der Waals surface area contributed by atoms with Gasteiger partial charge in [0.15, 0.2) is 0 Å². The number of carbonyl (C=O) groups is 2. The lowest BCUT2D eigenvalue weighted by Gasteiger charge is -2.20. The molecular formula is C20H23N5O4. The molecular weight excluding hydrogens is 374 g/mol. The lowest BCUT2D eigenvalue weighted by Crippen LogP contribution is -2.34. The van der Waals surface area contributed by atoms with Crippen molar-refractivity contribution in [2.45, 2.75) is 13.8 Å². The van der Waals surface area contributed by atoms with Gasteiger partial charge < -0.3 is 10.2 Å². The Balaban J connectivity index is 1.80. The van der Waals surface area contributed by atoms with Crippen LogP contribution in [0.1, 0.15) is 29.8 Å². The minimum atomic E-state index is -0.551. The van der Waals surface area contributed by atoms with Gasteiger partial charge >= 0.3 is 0 Å². The van der Waals surface area contributed by atoms with E-state index >= 15 is 0 Å². The van der Waals surface area contributed by atoms with E-state index in [1.807, 2.05) is 24.3 Å². The van der Waals surface area contributed by atoms with Crippen molar-refractivity contribution in [3.63, 3.8) is 0 Å². The second-order valence-corrected chi connectivity index (χ2v) is 6.04. The third kappa shape index (κ3) is 6.42. The number of carbonyl (C=O) groups excluding carboxylic acids is 2. The summed E-state index contributed by atoms with van der Waals surface area (Å²) in [5.74, 6) is -0.998. The first-order valence-electron chi connectivity index (χ1n) is 9.14. The van der Waals surface area contributed by atoms with Crippen molar-refractivity contribution in [3.8, 4) is 0 Å². The molecule has 0 spiro atoms. The van der Waals surface area contributed by atoms with Gasteiger partial charge in [-0.3, -0.25) is 19.7 Å². The first-order chi connectivity index (χ1) is 13.9. The van der Waals surface area contributed by atoms with Crippen LogP contribution < -0.4 is 15.6 Å². The van der Waals surface area contributed by atoms with Crippen LogP contribution >= 0.6 is 0 Å². The molecule has 0 aliphatic carbocycles. The van der Waals surface area contributed by atoms with E-state index in [1.54, 1.807) is 0 Å². The van der Waals surface area contributed by atoms with E-state index in [-0.39, 0.29) is 17.8 Å². The summed E-state index contributed by atoms with van der Waals surface area (Å²) < 4.78 is 0. The van der Waals surface area contributed by atoms with Crippen molar-refractivity contribution in [2.75, 3.05) is 24.5 Å². The fraction of sp³-hybridized carbons (Fsp3) is 0.250. The molecule has 0 saturated carbocycles. The van der Waals surface area contributed by atoms with Crippen LogP contribution in [0.2, 0.25) is 0 Å². The number of benzene rings is 2. The SMILES string of the molecule is CCN(CC)c1ccc(/C=N\NC(=O)CNC(=O)c2ccc([N+](=O)[O-])cc2)cc1. The van der Waals surface area contributed by atoms with E-state index in [4.69, 9.17) is 0 Å². The zero-order chi connectivity index (χ0) is 21.2. The number of non-ortho nitro benzene ring substituents is 1. The fourth-order valence-corrected chi connectivity index (χ4v) is 2.58. The van der Waals surface area contributed by atoms with Gasteiger partial charge in [0.1, 0.15) is 0 Å². The first-order valence-corrected chi connectivity index (χ1v) is 9.14. The molecule has 152 valence electrons. The van der Waals surface area contributed by atoms with Crippen LogP contribution in [0, 0.1) is 10.1 Å². The Kier molecular flexibility index (Phi) is 7.84. The van der Waals surface area contributed by atoms with Gasteiger partial charge in [-0.05, 0) is 43.7 Å². The zero-order valence-corrected chi connectivity index (χ0v) is 16.3. The van der Waals surface area contributed by atoms with Gasteiger partial charge in [0.2, 0.25) is 0 Å². The van der Waals surface area contributed by atoms with E-state index < -0.39 is 16.7 Å². The Morgan fingerprint density at radius 3 is 2.24 bits per heavy atom. The molecule has 0 aliphatic heterocycles. The largest absolute Gasteiger partial charge is 0.372 e. The highest BCUT2D eigenvalue weighted by atomic mass is 16.6. The quantitative estimate of drug-likeness (QED) is 0.383. The summed E-state index contributed by atoms with van der Waals surface area (Å²) in [4.78, 5) is 36.0. The molecule has 9 heteroatoms. The third-order valence-electron chi connectivity index (χ3n) is 4.17. The van der Waals surface area contributed by atoms with E-state index in [9.17, 15) is 19.7 Å². The number of hydrogen-bond donors (Lipinski definition) is 2. The minimum absolute atomic E-state index is 0.112. The molecule has 0 aliphatic rings. The second-order valence-electron chi connectivity index (χ2n) is 6.04. The Labute approximate surface area is 168 Å². The highest BCUT2D eigenvalue weighted by Gasteiger charge is 2.10. The standard InChI is InChI=1S/C20H23N5O4/c1-3-24(4-2)17-9-5-15(6-10-17)13-22-23-19(26)14-21-20(27)16-7-11-18(12-8-16)25(28)29/h5-13H,3-4,14H2,1-2H3,(H,21,27)(H,23,26)/b22-13-. The molecule has 0 heterocycles. The number of nitro benzene ring substituents is 1. The molecule has 9 nitrogen and oxygen atoms in total. The van der Waals surface area contributed by atoms with Crippen LogP contribution in [0.25, 0.3) is 0 Å². The van der Waals surface area contributed by atoms with Crippen molar-refractivity contribution < 1.29 is 14.5 Å². The molecule has 0 atom stereocenters. The average molecular weight is 397 g/mol. The van der Waals surface area contributed by atoms with Gasteiger partial charge in [0.25, 0.3) is 17.5 Å².